The topological polar surface area (TPSA) is 29.5 Å². The molecule has 0 amide bonds. The predicted molar refractivity (Wildman–Crippen MR) is 69.3 cm³/mol. The predicted octanol–water partition coefficient (Wildman–Crippen LogP) is 3.41. The van der Waals surface area contributed by atoms with Crippen molar-refractivity contribution in [1.29, 1.82) is 0 Å². The summed E-state index contributed by atoms with van der Waals surface area (Å²) in [6.45, 7) is 5.29. The number of carbonyl (C=O) groups is 1. The Bertz CT molecular complexity index is 492. The molecule has 0 aromatic carbocycles. The maximum Gasteiger partial charge on any atom is 0.419 e. The Morgan fingerprint density at radius 2 is 2.05 bits per heavy atom. The number of thiophene rings is 1. The molecule has 0 aliphatic rings. The fourth-order valence-electron chi connectivity index (χ4n) is 1.52. The van der Waals surface area contributed by atoms with Crippen LogP contribution in [-0.2, 0) is 15.7 Å². The molecule has 1 aromatic heterocycles. The Morgan fingerprint density at radius 3 is 2.47 bits per heavy atom. The van der Waals surface area contributed by atoms with E-state index in [4.69, 9.17) is 4.74 Å². The van der Waals surface area contributed by atoms with Crippen LogP contribution in [0.3, 0.4) is 0 Å². The Kier molecular flexibility index (Phi) is 4.62. The summed E-state index contributed by atoms with van der Waals surface area (Å²) >= 11 is 0.832. The highest BCUT2D eigenvalue weighted by Crippen LogP contribution is 2.44. The van der Waals surface area contributed by atoms with E-state index >= 15 is 0 Å². The molecule has 0 saturated carbocycles. The molecule has 0 fully saturated rings. The molecule has 1 aromatic rings. The molecule has 0 atom stereocenters. The van der Waals surface area contributed by atoms with Gasteiger partial charge < -0.3 is 9.64 Å². The minimum Gasteiger partial charge on any atom is -0.462 e. The summed E-state index contributed by atoms with van der Waals surface area (Å²) in [6, 6.07) is 0. The molecule has 0 bridgehead atoms. The second kappa shape index (κ2) is 5.64. The van der Waals surface area contributed by atoms with Crippen molar-refractivity contribution in [3.05, 3.63) is 22.4 Å². The highest BCUT2D eigenvalue weighted by Gasteiger charge is 2.37. The summed E-state index contributed by atoms with van der Waals surface area (Å²) in [5, 5.41) is 0.981. The van der Waals surface area contributed by atoms with E-state index in [1.807, 2.05) is 0 Å². The van der Waals surface area contributed by atoms with Crippen LogP contribution in [0.2, 0.25) is 0 Å². The summed E-state index contributed by atoms with van der Waals surface area (Å²) in [4.78, 5) is 13.1. The van der Waals surface area contributed by atoms with Gasteiger partial charge in [0.15, 0.2) is 0 Å². The first-order chi connectivity index (χ1) is 8.70. The molecule has 0 radical (unpaired) electrons. The summed E-state index contributed by atoms with van der Waals surface area (Å²) in [5.41, 5.74) is -0.899. The number of esters is 1. The van der Waals surface area contributed by atoms with Crippen LogP contribution in [0.25, 0.3) is 5.57 Å². The molecule has 1 heterocycles. The molecule has 7 heteroatoms. The van der Waals surface area contributed by atoms with Crippen LogP contribution < -0.4 is 4.90 Å². The first kappa shape index (κ1) is 15.6. The Labute approximate surface area is 113 Å². The normalized spacial score (nSPS) is 11.3. The molecular weight excluding hydrogens is 279 g/mol. The van der Waals surface area contributed by atoms with Gasteiger partial charge in [0.05, 0.1) is 28.3 Å². The maximum atomic E-state index is 12.9. The average Bonchev–Trinajstić information content (AvgIpc) is 2.72. The minimum atomic E-state index is -4.47. The third kappa shape index (κ3) is 3.28. The lowest BCUT2D eigenvalue weighted by Crippen LogP contribution is -2.17. The van der Waals surface area contributed by atoms with Gasteiger partial charge in [-0.15, -0.1) is 11.3 Å². The fraction of sp³-hybridized carbons (Fsp3) is 0.417. The van der Waals surface area contributed by atoms with Crippen LogP contribution in [-0.4, -0.2) is 26.7 Å². The maximum absolute atomic E-state index is 12.9. The summed E-state index contributed by atoms with van der Waals surface area (Å²) in [5.74, 6) is -0.707. The number of hydrogen-bond donors (Lipinski definition) is 0. The van der Waals surface area contributed by atoms with Gasteiger partial charge in [0.25, 0.3) is 0 Å². The zero-order valence-electron chi connectivity index (χ0n) is 10.8. The Balaban J connectivity index is 3.27. The SMILES string of the molecule is C=C(C(=O)OCC)c1scc(C(F)(F)F)c1N(C)C. The van der Waals surface area contributed by atoms with Gasteiger partial charge in [-0.25, -0.2) is 4.79 Å². The molecule has 0 unspecified atom stereocenters. The molecule has 19 heavy (non-hydrogen) atoms. The van der Waals surface area contributed by atoms with Gasteiger partial charge in [-0.3, -0.25) is 0 Å². The Morgan fingerprint density at radius 1 is 1.47 bits per heavy atom. The van der Waals surface area contributed by atoms with E-state index in [0.29, 0.717) is 0 Å². The van der Waals surface area contributed by atoms with Gasteiger partial charge in [0, 0.05) is 19.5 Å². The molecule has 0 aliphatic heterocycles. The van der Waals surface area contributed by atoms with Crippen molar-refractivity contribution in [3.63, 3.8) is 0 Å². The molecule has 0 aliphatic carbocycles. The van der Waals surface area contributed by atoms with Crippen LogP contribution in [0.4, 0.5) is 18.9 Å². The van der Waals surface area contributed by atoms with Crippen LogP contribution >= 0.6 is 11.3 Å². The number of ether oxygens (including phenoxy) is 1. The molecule has 1 rings (SSSR count). The van der Waals surface area contributed by atoms with E-state index in [9.17, 15) is 18.0 Å². The van der Waals surface area contributed by atoms with Crippen LogP contribution in [0, 0.1) is 0 Å². The second-order valence-corrected chi connectivity index (χ2v) is 4.80. The number of carbonyl (C=O) groups excluding carboxylic acids is 1. The van der Waals surface area contributed by atoms with Crippen molar-refractivity contribution >= 4 is 28.6 Å². The zero-order valence-corrected chi connectivity index (χ0v) is 11.6. The third-order valence-corrected chi connectivity index (χ3v) is 3.34. The third-order valence-electron chi connectivity index (χ3n) is 2.31. The summed E-state index contributed by atoms with van der Waals surface area (Å²) in [7, 11) is 2.97. The highest BCUT2D eigenvalue weighted by atomic mass is 32.1. The van der Waals surface area contributed by atoms with E-state index in [-0.39, 0.29) is 22.7 Å². The molecule has 0 saturated heterocycles. The first-order valence-corrected chi connectivity index (χ1v) is 6.30. The van der Waals surface area contributed by atoms with Crippen LogP contribution in [0.1, 0.15) is 17.4 Å². The smallest absolute Gasteiger partial charge is 0.419 e. The van der Waals surface area contributed by atoms with Crippen molar-refractivity contribution in [1.82, 2.24) is 0 Å². The van der Waals surface area contributed by atoms with E-state index in [1.165, 1.54) is 19.0 Å². The van der Waals surface area contributed by atoms with E-state index in [2.05, 4.69) is 6.58 Å². The van der Waals surface area contributed by atoms with Gasteiger partial charge >= 0.3 is 12.1 Å². The average molecular weight is 293 g/mol. The van der Waals surface area contributed by atoms with Gasteiger partial charge in [-0.05, 0) is 6.92 Å². The van der Waals surface area contributed by atoms with E-state index in [0.717, 1.165) is 16.7 Å². The highest BCUT2D eigenvalue weighted by molar-refractivity contribution is 7.12. The van der Waals surface area contributed by atoms with Gasteiger partial charge in [-0.2, -0.15) is 13.2 Å². The number of alkyl halides is 3. The zero-order chi connectivity index (χ0) is 14.8. The largest absolute Gasteiger partial charge is 0.462 e. The quantitative estimate of drug-likeness (QED) is 0.629. The van der Waals surface area contributed by atoms with Crippen molar-refractivity contribution < 1.29 is 22.7 Å². The first-order valence-electron chi connectivity index (χ1n) is 5.42. The molecule has 0 N–H and O–H groups in total. The summed E-state index contributed by atoms with van der Waals surface area (Å²) < 4.78 is 43.4. The lowest BCUT2D eigenvalue weighted by molar-refractivity contribution is -0.137. The van der Waals surface area contributed by atoms with Crippen molar-refractivity contribution in [3.8, 4) is 0 Å². The summed E-state index contributed by atoms with van der Waals surface area (Å²) in [6.07, 6.45) is -4.47. The fourth-order valence-corrected chi connectivity index (χ4v) is 2.63. The monoisotopic (exact) mass is 293 g/mol. The minimum absolute atomic E-state index is 0.0597. The molecule has 106 valence electrons. The van der Waals surface area contributed by atoms with Gasteiger partial charge in [0.1, 0.15) is 0 Å². The van der Waals surface area contributed by atoms with Gasteiger partial charge in [-0.1, -0.05) is 6.58 Å². The molecule has 0 spiro atoms. The van der Waals surface area contributed by atoms with Crippen molar-refractivity contribution in [2.45, 2.75) is 13.1 Å². The van der Waals surface area contributed by atoms with Gasteiger partial charge in [0.2, 0.25) is 0 Å². The molecular formula is C12H14F3NO2S. The number of nitrogens with zero attached hydrogens (tertiary/aromatic N) is 1. The number of hydrogen-bond acceptors (Lipinski definition) is 4. The number of rotatable bonds is 4. The molecule has 3 nitrogen and oxygen atoms in total. The van der Waals surface area contributed by atoms with E-state index < -0.39 is 17.7 Å². The van der Waals surface area contributed by atoms with Crippen molar-refractivity contribution in [2.75, 3.05) is 25.6 Å². The van der Waals surface area contributed by atoms with E-state index in [1.54, 1.807) is 6.92 Å². The Hall–Kier alpha value is -1.50. The van der Waals surface area contributed by atoms with Crippen LogP contribution in [0.5, 0.6) is 0 Å². The van der Waals surface area contributed by atoms with Crippen LogP contribution in [0.15, 0.2) is 12.0 Å². The van der Waals surface area contributed by atoms with Crippen molar-refractivity contribution in [2.24, 2.45) is 0 Å². The number of anilines is 1. The second-order valence-electron chi connectivity index (χ2n) is 3.92. The lowest BCUT2D eigenvalue weighted by atomic mass is 10.1. The number of halogens is 3. The lowest BCUT2D eigenvalue weighted by Gasteiger charge is -2.18. The standard InChI is InChI=1S/C12H14F3NO2S/c1-5-18-11(17)7(2)10-9(16(3)4)8(6-19-10)12(13,14)15/h6H,2,5H2,1,3-4H3.